The zero-order valence-corrected chi connectivity index (χ0v) is 27.0. The smallest absolute Gasteiger partial charge is 0.307 e. The summed E-state index contributed by atoms with van der Waals surface area (Å²) in [5, 5.41) is 22.8. The minimum Gasteiger partial charge on any atom is -0.481 e. The molecule has 3 fully saturated rings. The fourth-order valence-electron chi connectivity index (χ4n) is 9.11. The van der Waals surface area contributed by atoms with Crippen molar-refractivity contribution in [1.82, 2.24) is 0 Å². The molecule has 2 amide bonds. The molecule has 0 radical (unpaired) electrons. The highest BCUT2D eigenvalue weighted by Gasteiger charge is 2.76. The molecule has 4 aromatic carbocycles. The van der Waals surface area contributed by atoms with Gasteiger partial charge in [0.2, 0.25) is 11.8 Å². The average Bonchev–Trinajstić information content (AvgIpc) is 3.58. The third-order valence-electron chi connectivity index (χ3n) is 11.0. The summed E-state index contributed by atoms with van der Waals surface area (Å²) in [6.45, 7) is 0.828. The third-order valence-corrected chi connectivity index (χ3v) is 11.7. The molecule has 4 aromatic rings. The number of fused-ring (bicyclic) bond motifs is 6. The summed E-state index contributed by atoms with van der Waals surface area (Å²) in [4.78, 5) is 55.7. The van der Waals surface area contributed by atoms with E-state index in [1.165, 1.54) is 0 Å². The van der Waals surface area contributed by atoms with E-state index in [0.717, 1.165) is 44.0 Å². The van der Waals surface area contributed by atoms with Gasteiger partial charge >= 0.3 is 11.9 Å². The first-order chi connectivity index (χ1) is 22.6. The topological polar surface area (TPSA) is 115 Å². The van der Waals surface area contributed by atoms with Gasteiger partial charge in [0.1, 0.15) is 0 Å². The summed E-state index contributed by atoms with van der Waals surface area (Å²) in [6.07, 6.45) is 1.01. The van der Waals surface area contributed by atoms with Crippen molar-refractivity contribution < 1.29 is 29.4 Å². The fraction of sp³-hybridized carbons (Fsp3) is 0.351. The number of hydrogen-bond acceptors (Lipinski definition) is 4. The number of halogens is 2. The van der Waals surface area contributed by atoms with Crippen LogP contribution in [0.25, 0.3) is 21.5 Å². The lowest BCUT2D eigenvalue weighted by Gasteiger charge is -2.69. The van der Waals surface area contributed by atoms with Crippen LogP contribution in [0.4, 0.5) is 11.4 Å². The van der Waals surface area contributed by atoms with E-state index in [1.807, 2.05) is 60.7 Å². The molecule has 2 atom stereocenters. The van der Waals surface area contributed by atoms with Gasteiger partial charge in [-0.3, -0.25) is 19.2 Å². The van der Waals surface area contributed by atoms with Crippen LogP contribution in [0.2, 0.25) is 0 Å². The van der Waals surface area contributed by atoms with Gasteiger partial charge < -0.3 is 20.0 Å². The summed E-state index contributed by atoms with van der Waals surface area (Å²) in [5.41, 5.74) is 3.38. The monoisotopic (exact) mass is 670 g/mol. The van der Waals surface area contributed by atoms with Gasteiger partial charge in [0, 0.05) is 48.1 Å². The van der Waals surface area contributed by atoms with Crippen LogP contribution >= 0.6 is 23.2 Å². The molecule has 2 bridgehead atoms. The molecule has 2 aliphatic heterocycles. The Morgan fingerprint density at radius 1 is 0.638 bits per heavy atom. The number of carbonyl (C=O) groups is 4. The van der Waals surface area contributed by atoms with E-state index in [2.05, 4.69) is 0 Å². The van der Waals surface area contributed by atoms with E-state index in [0.29, 0.717) is 55.2 Å². The summed E-state index contributed by atoms with van der Waals surface area (Å²) in [6, 6.07) is 19.0. The van der Waals surface area contributed by atoms with Crippen LogP contribution in [-0.2, 0) is 32.0 Å². The average molecular weight is 672 g/mol. The van der Waals surface area contributed by atoms with Crippen LogP contribution in [0.15, 0.2) is 60.7 Å². The van der Waals surface area contributed by atoms with Gasteiger partial charge in [0.25, 0.3) is 0 Å². The number of carboxylic acid groups (broad SMARTS) is 2. The first-order valence-corrected chi connectivity index (χ1v) is 16.9. The summed E-state index contributed by atoms with van der Waals surface area (Å²) < 4.78 is 0. The van der Waals surface area contributed by atoms with Crippen molar-refractivity contribution in [3.05, 3.63) is 82.9 Å². The highest BCUT2D eigenvalue weighted by Crippen LogP contribution is 2.75. The molecule has 0 aromatic heterocycles. The second-order valence-corrected chi connectivity index (χ2v) is 14.4. The molecule has 5 aliphatic rings. The zero-order chi connectivity index (χ0) is 32.8. The Morgan fingerprint density at radius 3 is 1.34 bits per heavy atom. The van der Waals surface area contributed by atoms with Crippen LogP contribution < -0.4 is 9.80 Å². The Labute approximate surface area is 280 Å². The Hall–Kier alpha value is -4.14. The lowest BCUT2D eigenvalue weighted by molar-refractivity contribution is -0.205. The van der Waals surface area contributed by atoms with Crippen molar-refractivity contribution in [2.24, 2.45) is 10.8 Å². The number of anilines is 2. The molecule has 0 spiro atoms. The molecule has 8 nitrogen and oxygen atoms in total. The lowest BCUT2D eigenvalue weighted by Crippen LogP contribution is -2.73. The van der Waals surface area contributed by atoms with Crippen molar-refractivity contribution in [2.45, 2.75) is 43.9 Å². The summed E-state index contributed by atoms with van der Waals surface area (Å²) in [5.74, 6) is -1.49. The number of carboxylic acids is 2. The van der Waals surface area contributed by atoms with Crippen molar-refractivity contribution >= 4 is 79.9 Å². The number of carbonyl (C=O) groups excluding carboxylic acids is 2. The molecule has 47 heavy (non-hydrogen) atoms. The second kappa shape index (κ2) is 10.7. The molecular weight excluding hydrogens is 639 g/mol. The maximum Gasteiger partial charge on any atom is 0.307 e. The normalized spacial score (nSPS) is 25.3. The first kappa shape index (κ1) is 30.2. The Morgan fingerprint density at radius 2 is 1.00 bits per heavy atom. The molecule has 10 heteroatoms. The van der Waals surface area contributed by atoms with Crippen LogP contribution in [0.1, 0.15) is 53.4 Å². The molecule has 2 heterocycles. The van der Waals surface area contributed by atoms with E-state index in [1.54, 1.807) is 9.80 Å². The van der Waals surface area contributed by atoms with Crippen LogP contribution in [0.5, 0.6) is 0 Å². The summed E-state index contributed by atoms with van der Waals surface area (Å²) in [7, 11) is 0. The molecule has 0 saturated heterocycles. The molecule has 240 valence electrons. The van der Waals surface area contributed by atoms with Gasteiger partial charge in [-0.2, -0.15) is 0 Å². The van der Waals surface area contributed by atoms with Gasteiger partial charge in [-0.05, 0) is 75.2 Å². The van der Waals surface area contributed by atoms with Crippen molar-refractivity contribution in [3.8, 4) is 0 Å². The molecule has 2 N–H and O–H groups in total. The standard InChI is InChI=1S/C37H32Cl2N2O6/c38-13-22-15-40(28-9-20(11-30(42)43)24-5-1-3-7-26(24)32(22)28)34(46)36-17-37(18-36,19-36)35(47)41-16-23(14-39)33-27-8-4-2-6-25(27)21(10-29(33)41)12-31(44)45/h1-10,22-23H,11-19H2,(H,42,43)(H,44,45)/t22-,23-,36?,37?/m1/s1. The number of nitrogens with zero attached hydrogens (tertiary/aromatic N) is 2. The number of amides is 2. The van der Waals surface area contributed by atoms with E-state index in [-0.39, 0.29) is 36.5 Å². The van der Waals surface area contributed by atoms with Crippen LogP contribution in [-0.4, -0.2) is 58.8 Å². The quantitative estimate of drug-likeness (QED) is 0.208. The van der Waals surface area contributed by atoms with Gasteiger partial charge in [-0.1, -0.05) is 48.5 Å². The number of benzene rings is 4. The lowest BCUT2D eigenvalue weighted by atomic mass is 9.34. The number of alkyl halides is 2. The fourth-order valence-corrected chi connectivity index (χ4v) is 9.61. The SMILES string of the molecule is O=C(O)Cc1cc2c(c3ccccc13)[C@H](CCl)CN2C(=O)C12CC(C(=O)N3C[C@@H](CCl)c4c3cc(CC(=O)O)c3ccccc43)(C1)C2. The van der Waals surface area contributed by atoms with E-state index >= 15 is 0 Å². The molecule has 9 rings (SSSR count). The Bertz CT molecular complexity index is 1900. The maximum absolute atomic E-state index is 14.3. The predicted molar refractivity (Wildman–Crippen MR) is 181 cm³/mol. The molecular formula is C37H32Cl2N2O6. The second-order valence-electron chi connectivity index (χ2n) is 13.8. The molecule has 0 unspecified atom stereocenters. The molecule has 3 aliphatic carbocycles. The highest BCUT2D eigenvalue weighted by atomic mass is 35.5. The van der Waals surface area contributed by atoms with E-state index in [4.69, 9.17) is 23.2 Å². The van der Waals surface area contributed by atoms with Gasteiger partial charge in [-0.15, -0.1) is 23.2 Å². The molecule has 3 saturated carbocycles. The zero-order valence-electron chi connectivity index (χ0n) is 25.5. The number of aliphatic carboxylic acids is 2. The summed E-state index contributed by atoms with van der Waals surface area (Å²) >= 11 is 12.9. The maximum atomic E-state index is 14.3. The van der Waals surface area contributed by atoms with E-state index in [9.17, 15) is 29.4 Å². The van der Waals surface area contributed by atoms with Crippen molar-refractivity contribution in [1.29, 1.82) is 0 Å². The highest BCUT2D eigenvalue weighted by molar-refractivity contribution is 6.20. The van der Waals surface area contributed by atoms with Crippen LogP contribution in [0, 0.1) is 10.8 Å². The Kier molecular flexibility index (Phi) is 6.87. The predicted octanol–water partition coefficient (Wildman–Crippen LogP) is 6.46. The number of rotatable bonds is 8. The van der Waals surface area contributed by atoms with Gasteiger partial charge in [0.05, 0.1) is 23.7 Å². The minimum absolute atomic E-state index is 0.0345. The number of hydrogen-bond donors (Lipinski definition) is 2. The van der Waals surface area contributed by atoms with Gasteiger partial charge in [-0.25, -0.2) is 0 Å². The van der Waals surface area contributed by atoms with Crippen molar-refractivity contribution in [3.63, 3.8) is 0 Å². The minimum atomic E-state index is -0.942. The van der Waals surface area contributed by atoms with Gasteiger partial charge in [0.15, 0.2) is 0 Å². The van der Waals surface area contributed by atoms with E-state index < -0.39 is 22.8 Å². The largest absolute Gasteiger partial charge is 0.481 e. The van der Waals surface area contributed by atoms with Crippen molar-refractivity contribution in [2.75, 3.05) is 34.6 Å². The van der Waals surface area contributed by atoms with Crippen LogP contribution in [0.3, 0.4) is 0 Å². The first-order valence-electron chi connectivity index (χ1n) is 15.9. The Balaban J connectivity index is 1.09. The third kappa shape index (κ3) is 4.34.